The summed E-state index contributed by atoms with van der Waals surface area (Å²) in [5.41, 5.74) is 7.42. The molecular weight excluding hydrogens is 251 g/mol. The van der Waals surface area contributed by atoms with Gasteiger partial charge in [-0.15, -0.1) is 0 Å². The molecule has 5 heteroatoms. The lowest BCUT2D eigenvalue weighted by molar-refractivity contribution is 0.00578. The van der Waals surface area contributed by atoms with E-state index in [0.29, 0.717) is 18.5 Å². The minimum absolute atomic E-state index is 0.362. The van der Waals surface area contributed by atoms with Crippen molar-refractivity contribution in [3.8, 4) is 6.07 Å². The van der Waals surface area contributed by atoms with Crippen molar-refractivity contribution in [2.45, 2.75) is 45.3 Å². The van der Waals surface area contributed by atoms with Crippen molar-refractivity contribution in [1.82, 2.24) is 0 Å². The molecule has 1 heterocycles. The first kappa shape index (κ1) is 15.1. The zero-order valence-electron chi connectivity index (χ0n) is 12.6. The molecule has 0 saturated carbocycles. The summed E-state index contributed by atoms with van der Waals surface area (Å²) in [7, 11) is -0.399. The van der Waals surface area contributed by atoms with Crippen LogP contribution >= 0.6 is 0 Å². The molecule has 0 amide bonds. The molecule has 0 aliphatic carbocycles. The Bertz CT molecular complexity index is 533. The zero-order valence-corrected chi connectivity index (χ0v) is 12.6. The Labute approximate surface area is 121 Å². The number of hydrogen-bond acceptors (Lipinski definition) is 4. The first-order chi connectivity index (χ1) is 9.30. The van der Waals surface area contributed by atoms with Gasteiger partial charge in [0.15, 0.2) is 0 Å². The van der Waals surface area contributed by atoms with Crippen LogP contribution in [0, 0.1) is 11.3 Å². The van der Waals surface area contributed by atoms with Gasteiger partial charge in [0.05, 0.1) is 22.8 Å². The fraction of sp³-hybridized carbons (Fsp3) is 0.533. The summed E-state index contributed by atoms with van der Waals surface area (Å²) in [5.74, 6) is 0. The second-order valence-electron chi connectivity index (χ2n) is 6.16. The lowest BCUT2D eigenvalue weighted by atomic mass is 9.77. The SMILES string of the molecule is CC1(C)OB(c2ccc(C#N)c(CCN)c2)OC1(C)C. The van der Waals surface area contributed by atoms with E-state index < -0.39 is 7.12 Å². The fourth-order valence-corrected chi connectivity index (χ4v) is 2.21. The lowest BCUT2D eigenvalue weighted by Crippen LogP contribution is -2.41. The van der Waals surface area contributed by atoms with Gasteiger partial charge in [-0.1, -0.05) is 12.1 Å². The normalized spacial score (nSPS) is 19.9. The van der Waals surface area contributed by atoms with Crippen LogP contribution in [0.3, 0.4) is 0 Å². The molecule has 20 heavy (non-hydrogen) atoms. The Balaban J connectivity index is 2.32. The number of nitrogens with two attached hydrogens (primary N) is 1. The molecule has 1 aromatic rings. The number of rotatable bonds is 3. The number of nitriles is 1. The van der Waals surface area contributed by atoms with Crippen LogP contribution in [0.1, 0.15) is 38.8 Å². The maximum Gasteiger partial charge on any atom is 0.494 e. The van der Waals surface area contributed by atoms with Gasteiger partial charge in [0.1, 0.15) is 0 Å². The molecule has 0 aromatic heterocycles. The van der Waals surface area contributed by atoms with Gasteiger partial charge in [0, 0.05) is 0 Å². The Morgan fingerprint density at radius 1 is 1.20 bits per heavy atom. The molecular formula is C15H21BN2O2. The third-order valence-corrected chi connectivity index (χ3v) is 4.19. The van der Waals surface area contributed by atoms with Gasteiger partial charge in [0.2, 0.25) is 0 Å². The van der Waals surface area contributed by atoms with Crippen LogP contribution in [0.25, 0.3) is 0 Å². The highest BCUT2D eigenvalue weighted by atomic mass is 16.7. The van der Waals surface area contributed by atoms with Gasteiger partial charge in [-0.3, -0.25) is 0 Å². The number of hydrogen-bond donors (Lipinski definition) is 1. The molecule has 2 rings (SSSR count). The van der Waals surface area contributed by atoms with Crippen molar-refractivity contribution < 1.29 is 9.31 Å². The number of nitrogens with zero attached hydrogens (tertiary/aromatic N) is 1. The van der Waals surface area contributed by atoms with Crippen molar-refractivity contribution >= 4 is 12.6 Å². The summed E-state index contributed by atoms with van der Waals surface area (Å²) >= 11 is 0. The number of benzene rings is 1. The minimum Gasteiger partial charge on any atom is -0.399 e. The molecule has 0 unspecified atom stereocenters. The molecule has 1 aliphatic heterocycles. The topological polar surface area (TPSA) is 68.3 Å². The van der Waals surface area contributed by atoms with Crippen LogP contribution in [-0.4, -0.2) is 24.9 Å². The second kappa shape index (κ2) is 5.21. The van der Waals surface area contributed by atoms with E-state index in [2.05, 4.69) is 6.07 Å². The molecule has 106 valence electrons. The Morgan fingerprint density at radius 3 is 2.30 bits per heavy atom. The van der Waals surface area contributed by atoms with E-state index in [1.807, 2.05) is 45.9 Å². The molecule has 0 spiro atoms. The van der Waals surface area contributed by atoms with E-state index >= 15 is 0 Å². The van der Waals surface area contributed by atoms with E-state index in [0.717, 1.165) is 11.0 Å². The second-order valence-corrected chi connectivity index (χ2v) is 6.16. The first-order valence-electron chi connectivity index (χ1n) is 6.89. The van der Waals surface area contributed by atoms with E-state index in [-0.39, 0.29) is 11.2 Å². The third-order valence-electron chi connectivity index (χ3n) is 4.19. The van der Waals surface area contributed by atoms with Gasteiger partial charge in [-0.2, -0.15) is 5.26 Å². The lowest BCUT2D eigenvalue weighted by Gasteiger charge is -2.32. The van der Waals surface area contributed by atoms with Crippen LogP contribution < -0.4 is 11.2 Å². The summed E-state index contributed by atoms with van der Waals surface area (Å²) in [6.45, 7) is 8.62. The first-order valence-corrected chi connectivity index (χ1v) is 6.89. The Kier molecular flexibility index (Phi) is 3.92. The summed E-state index contributed by atoms with van der Waals surface area (Å²) in [6, 6.07) is 7.86. The summed E-state index contributed by atoms with van der Waals surface area (Å²) in [4.78, 5) is 0. The van der Waals surface area contributed by atoms with E-state index in [1.54, 1.807) is 0 Å². The van der Waals surface area contributed by atoms with Crippen molar-refractivity contribution in [1.29, 1.82) is 5.26 Å². The highest BCUT2D eigenvalue weighted by Crippen LogP contribution is 2.36. The average molecular weight is 272 g/mol. The average Bonchev–Trinajstić information content (AvgIpc) is 2.59. The van der Waals surface area contributed by atoms with Crippen molar-refractivity contribution in [3.05, 3.63) is 29.3 Å². The predicted octanol–water partition coefficient (Wildman–Crippen LogP) is 1.36. The maximum atomic E-state index is 9.11. The summed E-state index contributed by atoms with van der Waals surface area (Å²) in [5, 5.41) is 9.11. The molecule has 1 fully saturated rings. The maximum absolute atomic E-state index is 9.11. The molecule has 2 N–H and O–H groups in total. The third kappa shape index (κ3) is 2.60. The monoisotopic (exact) mass is 272 g/mol. The van der Waals surface area contributed by atoms with Crippen LogP contribution in [-0.2, 0) is 15.7 Å². The van der Waals surface area contributed by atoms with E-state index in [9.17, 15) is 0 Å². The zero-order chi connectivity index (χ0) is 15.0. The predicted molar refractivity (Wildman–Crippen MR) is 79.6 cm³/mol. The van der Waals surface area contributed by atoms with Crippen molar-refractivity contribution in [2.75, 3.05) is 6.54 Å². The smallest absolute Gasteiger partial charge is 0.399 e. The molecule has 1 saturated heterocycles. The highest BCUT2D eigenvalue weighted by Gasteiger charge is 2.51. The molecule has 0 bridgehead atoms. The quantitative estimate of drug-likeness (QED) is 0.843. The van der Waals surface area contributed by atoms with Gasteiger partial charge in [-0.05, 0) is 57.8 Å². The highest BCUT2D eigenvalue weighted by molar-refractivity contribution is 6.62. The fourth-order valence-electron chi connectivity index (χ4n) is 2.21. The minimum atomic E-state index is -0.399. The molecule has 1 aromatic carbocycles. The largest absolute Gasteiger partial charge is 0.494 e. The van der Waals surface area contributed by atoms with Crippen LogP contribution in [0.2, 0.25) is 0 Å². The van der Waals surface area contributed by atoms with Crippen molar-refractivity contribution in [3.63, 3.8) is 0 Å². The summed E-state index contributed by atoms with van der Waals surface area (Å²) < 4.78 is 12.0. The van der Waals surface area contributed by atoms with Gasteiger partial charge >= 0.3 is 7.12 Å². The molecule has 4 nitrogen and oxygen atoms in total. The van der Waals surface area contributed by atoms with Gasteiger partial charge < -0.3 is 15.0 Å². The van der Waals surface area contributed by atoms with E-state index in [4.69, 9.17) is 20.3 Å². The van der Waals surface area contributed by atoms with Crippen LogP contribution in [0.5, 0.6) is 0 Å². The van der Waals surface area contributed by atoms with Crippen LogP contribution in [0.4, 0.5) is 0 Å². The summed E-state index contributed by atoms with van der Waals surface area (Å²) in [6.07, 6.45) is 0.677. The molecule has 0 atom stereocenters. The Hall–Kier alpha value is -1.35. The Morgan fingerprint density at radius 2 is 1.80 bits per heavy atom. The molecule has 0 radical (unpaired) electrons. The van der Waals surface area contributed by atoms with Crippen LogP contribution in [0.15, 0.2) is 18.2 Å². The van der Waals surface area contributed by atoms with Gasteiger partial charge in [0.25, 0.3) is 0 Å². The standard InChI is InChI=1S/C15H21BN2O2/c1-14(2)15(3,4)20-16(19-14)13-6-5-12(10-18)11(9-13)7-8-17/h5-6,9H,7-8,17H2,1-4H3. The molecule has 1 aliphatic rings. The van der Waals surface area contributed by atoms with Gasteiger partial charge in [-0.25, -0.2) is 0 Å². The van der Waals surface area contributed by atoms with E-state index in [1.165, 1.54) is 0 Å². The van der Waals surface area contributed by atoms with Crippen molar-refractivity contribution in [2.24, 2.45) is 5.73 Å².